The average molecular weight is 373 g/mol. The van der Waals surface area contributed by atoms with Gasteiger partial charge >= 0.3 is 0 Å². The minimum Gasteiger partial charge on any atom is -0.369 e. The number of nitrogens with zero attached hydrogens (tertiary/aromatic N) is 2. The lowest BCUT2D eigenvalue weighted by molar-refractivity contribution is 0.595. The Labute approximate surface area is 149 Å². The lowest BCUT2D eigenvalue weighted by Crippen LogP contribution is -2.45. The number of hydrogen-bond acceptors (Lipinski definition) is 4. The summed E-state index contributed by atoms with van der Waals surface area (Å²) >= 11 is 6.05. The van der Waals surface area contributed by atoms with Gasteiger partial charge in [-0.3, -0.25) is 4.99 Å². The highest BCUT2D eigenvalue weighted by Gasteiger charge is 2.23. The average Bonchev–Trinajstić information content (AvgIpc) is 3.02. The summed E-state index contributed by atoms with van der Waals surface area (Å²) in [7, 11) is -1.28. The number of aliphatic imine (C=N–C) groups is 1. The van der Waals surface area contributed by atoms with Gasteiger partial charge in [-0.25, -0.2) is 8.42 Å². The summed E-state index contributed by atoms with van der Waals surface area (Å²) in [5, 5.41) is 7.16. The van der Waals surface area contributed by atoms with Crippen LogP contribution >= 0.6 is 11.6 Å². The summed E-state index contributed by atoms with van der Waals surface area (Å²) in [6.07, 6.45) is 0.987. The van der Waals surface area contributed by atoms with Gasteiger partial charge < -0.3 is 15.5 Å². The zero-order chi connectivity index (χ0) is 17.6. The maximum Gasteiger partial charge on any atom is 0.191 e. The summed E-state index contributed by atoms with van der Waals surface area (Å²) < 4.78 is 23.0. The molecule has 0 bridgehead atoms. The van der Waals surface area contributed by atoms with E-state index in [2.05, 4.69) is 26.6 Å². The highest BCUT2D eigenvalue weighted by atomic mass is 35.5. The SMILES string of the molecule is CCS(=O)(=O)CCNC(=NC)NC1CCN(c2cccc(Cl)c2)C1. The molecular formula is C16H25ClN4O2S. The predicted molar refractivity (Wildman–Crippen MR) is 101 cm³/mol. The van der Waals surface area contributed by atoms with Crippen LogP contribution < -0.4 is 15.5 Å². The van der Waals surface area contributed by atoms with Gasteiger partial charge in [0.1, 0.15) is 0 Å². The molecule has 1 aromatic carbocycles. The number of anilines is 1. The molecule has 1 heterocycles. The molecule has 1 aliphatic heterocycles. The van der Waals surface area contributed by atoms with Gasteiger partial charge in [-0.15, -0.1) is 0 Å². The molecule has 24 heavy (non-hydrogen) atoms. The van der Waals surface area contributed by atoms with Gasteiger partial charge in [-0.05, 0) is 24.6 Å². The summed E-state index contributed by atoms with van der Waals surface area (Å²) in [5.74, 6) is 0.917. The zero-order valence-electron chi connectivity index (χ0n) is 14.1. The summed E-state index contributed by atoms with van der Waals surface area (Å²) in [4.78, 5) is 6.44. The molecule has 0 amide bonds. The molecule has 1 aromatic rings. The quantitative estimate of drug-likeness (QED) is 0.585. The Balaban J connectivity index is 1.83. The topological polar surface area (TPSA) is 73.8 Å². The van der Waals surface area contributed by atoms with Crippen molar-refractivity contribution in [3.63, 3.8) is 0 Å². The number of sulfone groups is 1. The molecule has 1 unspecified atom stereocenters. The van der Waals surface area contributed by atoms with Crippen LogP contribution in [0, 0.1) is 0 Å². The standard InChI is InChI=1S/C16H25ClN4O2S/c1-3-24(22,23)10-8-19-16(18-2)20-14-7-9-21(12-14)15-6-4-5-13(17)11-15/h4-6,11,14H,3,7-10,12H2,1-2H3,(H2,18,19,20). The number of halogens is 1. The molecule has 1 aliphatic rings. The van der Waals surface area contributed by atoms with Crippen LogP contribution in [0.3, 0.4) is 0 Å². The van der Waals surface area contributed by atoms with Crippen molar-refractivity contribution in [3.8, 4) is 0 Å². The van der Waals surface area contributed by atoms with Crippen molar-refractivity contribution in [1.82, 2.24) is 10.6 Å². The van der Waals surface area contributed by atoms with E-state index in [1.165, 1.54) is 0 Å². The number of rotatable bonds is 6. The smallest absolute Gasteiger partial charge is 0.191 e. The van der Waals surface area contributed by atoms with Gasteiger partial charge in [0.25, 0.3) is 0 Å². The van der Waals surface area contributed by atoms with Crippen LogP contribution in [0.15, 0.2) is 29.3 Å². The Hall–Kier alpha value is -1.47. The molecule has 2 rings (SSSR count). The third kappa shape index (κ3) is 5.56. The van der Waals surface area contributed by atoms with Crippen molar-refractivity contribution < 1.29 is 8.42 Å². The summed E-state index contributed by atoms with van der Waals surface area (Å²) in [5.41, 5.74) is 1.11. The van der Waals surface area contributed by atoms with E-state index in [0.717, 1.165) is 30.2 Å². The van der Waals surface area contributed by atoms with E-state index in [9.17, 15) is 8.42 Å². The van der Waals surface area contributed by atoms with Crippen molar-refractivity contribution in [2.45, 2.75) is 19.4 Å². The molecular weight excluding hydrogens is 348 g/mol. The minimum atomic E-state index is -2.97. The van der Waals surface area contributed by atoms with Crippen LogP contribution in [0.1, 0.15) is 13.3 Å². The fourth-order valence-electron chi connectivity index (χ4n) is 2.64. The first kappa shape index (κ1) is 18.9. The van der Waals surface area contributed by atoms with Gasteiger partial charge in [0.15, 0.2) is 15.8 Å². The maximum absolute atomic E-state index is 11.5. The first-order chi connectivity index (χ1) is 11.4. The van der Waals surface area contributed by atoms with E-state index < -0.39 is 9.84 Å². The van der Waals surface area contributed by atoms with Gasteiger partial charge in [0.2, 0.25) is 0 Å². The van der Waals surface area contributed by atoms with Crippen molar-refractivity contribution >= 4 is 33.1 Å². The second kappa shape index (κ2) is 8.58. The molecule has 8 heteroatoms. The Bertz CT molecular complexity index is 678. The van der Waals surface area contributed by atoms with E-state index in [1.807, 2.05) is 18.2 Å². The van der Waals surface area contributed by atoms with Crippen LogP contribution in [0.25, 0.3) is 0 Å². The Morgan fingerprint density at radius 1 is 1.46 bits per heavy atom. The number of guanidine groups is 1. The summed E-state index contributed by atoms with van der Waals surface area (Å²) in [6.45, 7) is 3.82. The largest absolute Gasteiger partial charge is 0.369 e. The highest BCUT2D eigenvalue weighted by Crippen LogP contribution is 2.23. The Kier molecular flexibility index (Phi) is 6.74. The molecule has 0 aromatic heterocycles. The second-order valence-electron chi connectivity index (χ2n) is 5.79. The zero-order valence-corrected chi connectivity index (χ0v) is 15.7. The number of benzene rings is 1. The molecule has 0 aliphatic carbocycles. The molecule has 6 nitrogen and oxygen atoms in total. The van der Waals surface area contributed by atoms with Crippen LogP contribution in [0.4, 0.5) is 5.69 Å². The van der Waals surface area contributed by atoms with E-state index in [0.29, 0.717) is 12.5 Å². The Morgan fingerprint density at radius 3 is 2.92 bits per heavy atom. The molecule has 2 N–H and O–H groups in total. The van der Waals surface area contributed by atoms with Gasteiger partial charge in [0, 0.05) is 49.2 Å². The first-order valence-electron chi connectivity index (χ1n) is 8.11. The molecule has 1 atom stereocenters. The molecule has 1 saturated heterocycles. The van der Waals surface area contributed by atoms with Crippen molar-refractivity contribution in [2.24, 2.45) is 4.99 Å². The van der Waals surface area contributed by atoms with Crippen LogP contribution in [0.5, 0.6) is 0 Å². The monoisotopic (exact) mass is 372 g/mol. The van der Waals surface area contributed by atoms with Gasteiger partial charge in [0.05, 0.1) is 5.75 Å². The lowest BCUT2D eigenvalue weighted by Gasteiger charge is -2.20. The summed E-state index contributed by atoms with van der Waals surface area (Å²) in [6, 6.07) is 8.10. The Morgan fingerprint density at radius 2 is 2.25 bits per heavy atom. The van der Waals surface area contributed by atoms with Crippen LogP contribution in [-0.2, 0) is 9.84 Å². The lowest BCUT2D eigenvalue weighted by atomic mass is 10.3. The fraction of sp³-hybridized carbons (Fsp3) is 0.562. The highest BCUT2D eigenvalue weighted by molar-refractivity contribution is 7.91. The van der Waals surface area contributed by atoms with Crippen molar-refractivity contribution in [1.29, 1.82) is 0 Å². The van der Waals surface area contributed by atoms with E-state index >= 15 is 0 Å². The van der Waals surface area contributed by atoms with E-state index in [4.69, 9.17) is 11.6 Å². The molecule has 1 fully saturated rings. The first-order valence-corrected chi connectivity index (χ1v) is 10.3. The van der Waals surface area contributed by atoms with E-state index in [1.54, 1.807) is 14.0 Å². The third-order valence-corrected chi connectivity index (χ3v) is 6.01. The molecule has 0 saturated carbocycles. The molecule has 0 spiro atoms. The second-order valence-corrected chi connectivity index (χ2v) is 8.70. The van der Waals surface area contributed by atoms with Crippen molar-refractivity contribution in [2.75, 3.05) is 43.1 Å². The van der Waals surface area contributed by atoms with E-state index in [-0.39, 0.29) is 17.5 Å². The number of hydrogen-bond donors (Lipinski definition) is 2. The molecule has 134 valence electrons. The fourth-order valence-corrected chi connectivity index (χ4v) is 3.53. The predicted octanol–water partition coefficient (Wildman–Crippen LogP) is 1.52. The van der Waals surface area contributed by atoms with Gasteiger partial charge in [-0.2, -0.15) is 0 Å². The maximum atomic E-state index is 11.5. The van der Waals surface area contributed by atoms with Crippen LogP contribution in [0.2, 0.25) is 5.02 Å². The normalized spacial score (nSPS) is 18.7. The van der Waals surface area contributed by atoms with Gasteiger partial charge in [-0.1, -0.05) is 24.6 Å². The number of nitrogens with one attached hydrogen (secondary N) is 2. The minimum absolute atomic E-state index is 0.115. The third-order valence-electron chi connectivity index (χ3n) is 4.07. The van der Waals surface area contributed by atoms with Crippen LogP contribution in [-0.4, -0.2) is 58.6 Å². The molecule has 0 radical (unpaired) electrons. The van der Waals surface area contributed by atoms with Crippen molar-refractivity contribution in [3.05, 3.63) is 29.3 Å².